The second-order valence-electron chi connectivity index (χ2n) is 5.60. The molecule has 3 rings (SSSR count). The van der Waals surface area contributed by atoms with Crippen molar-refractivity contribution in [2.24, 2.45) is 7.05 Å². The minimum atomic E-state index is -0.638. The summed E-state index contributed by atoms with van der Waals surface area (Å²) in [7, 11) is 1.53. The zero-order valence-electron chi connectivity index (χ0n) is 14.0. The van der Waals surface area contributed by atoms with Gasteiger partial charge in [0.05, 0.1) is 27.7 Å². The highest BCUT2D eigenvalue weighted by Crippen LogP contribution is 2.35. The van der Waals surface area contributed by atoms with Crippen molar-refractivity contribution in [2.45, 2.75) is 6.42 Å². The Labute approximate surface area is 161 Å². The first-order chi connectivity index (χ1) is 12.9. The maximum atomic E-state index is 15.0. The normalized spacial score (nSPS) is 10.3. The molecule has 0 radical (unpaired) electrons. The first-order valence-corrected chi connectivity index (χ1v) is 8.42. The number of halogens is 2. The number of rotatable bonds is 4. The van der Waals surface area contributed by atoms with Crippen molar-refractivity contribution in [3.63, 3.8) is 0 Å². The summed E-state index contributed by atoms with van der Waals surface area (Å²) in [6.45, 7) is 0. The molecule has 134 valence electrons. The summed E-state index contributed by atoms with van der Waals surface area (Å²) in [4.78, 5) is 11.5. The van der Waals surface area contributed by atoms with E-state index in [9.17, 15) is 9.18 Å². The Morgan fingerprint density at radius 3 is 2.48 bits per heavy atom. The van der Waals surface area contributed by atoms with E-state index in [1.54, 1.807) is 12.1 Å². The van der Waals surface area contributed by atoms with E-state index in [0.717, 1.165) is 0 Å². The van der Waals surface area contributed by atoms with Gasteiger partial charge in [-0.1, -0.05) is 6.07 Å². The zero-order valence-corrected chi connectivity index (χ0v) is 15.5. The fraction of sp³-hybridized carbons (Fsp3) is 0.111. The smallest absolute Gasteiger partial charge is 0.343 e. The molecule has 9 heteroatoms. The Kier molecular flexibility index (Phi) is 5.06. The first kappa shape index (κ1) is 18.4. The monoisotopic (exact) mass is 427 g/mol. The molecule has 0 spiro atoms. The molecule has 1 heterocycles. The Morgan fingerprint density at radius 1 is 1.26 bits per heavy atom. The Hall–Kier alpha value is -3.43. The number of hydrogen-bond donors (Lipinski definition) is 1. The average molecular weight is 428 g/mol. The Balaban J connectivity index is 1.99. The van der Waals surface area contributed by atoms with Gasteiger partial charge in [0.2, 0.25) is 0 Å². The van der Waals surface area contributed by atoms with Crippen molar-refractivity contribution in [1.82, 2.24) is 14.8 Å². The fourth-order valence-corrected chi connectivity index (χ4v) is 2.80. The van der Waals surface area contributed by atoms with Crippen molar-refractivity contribution in [2.75, 3.05) is 0 Å². The van der Waals surface area contributed by atoms with Gasteiger partial charge in [-0.25, -0.2) is 14.3 Å². The fourth-order valence-electron chi connectivity index (χ4n) is 2.42. The number of hydrogen-bond acceptors (Lipinski definition) is 5. The van der Waals surface area contributed by atoms with Crippen LogP contribution >= 0.6 is 15.9 Å². The number of ether oxygens (including phenoxy) is 1. The van der Waals surface area contributed by atoms with E-state index in [-0.39, 0.29) is 34.6 Å². The van der Waals surface area contributed by atoms with Gasteiger partial charge in [-0.15, -0.1) is 0 Å². The summed E-state index contributed by atoms with van der Waals surface area (Å²) in [6, 6.07) is 11.3. The van der Waals surface area contributed by atoms with E-state index in [4.69, 9.17) is 15.3 Å². The number of aromatic nitrogens is 3. The quantitative estimate of drug-likeness (QED) is 0.687. The van der Waals surface area contributed by atoms with E-state index >= 15 is 0 Å². The van der Waals surface area contributed by atoms with Crippen molar-refractivity contribution in [3.8, 4) is 23.6 Å². The lowest BCUT2D eigenvalue weighted by atomic mass is 10.1. The highest BCUT2D eigenvalue weighted by molar-refractivity contribution is 9.10. The highest BCUT2D eigenvalue weighted by atomic mass is 79.9. The molecule has 0 fully saturated rings. The van der Waals surface area contributed by atoms with Crippen LogP contribution in [-0.4, -0.2) is 14.8 Å². The van der Waals surface area contributed by atoms with Crippen LogP contribution in [0.3, 0.4) is 0 Å². The maximum absolute atomic E-state index is 15.0. The van der Waals surface area contributed by atoms with Gasteiger partial charge < -0.3 is 4.74 Å². The molecule has 0 saturated heterocycles. The SMILES string of the molecule is Cn1c(Cc2ccc(Br)c(Oc3cc(C#N)cc(C#N)c3)c2F)n[nH]c1=O. The van der Waals surface area contributed by atoms with E-state index < -0.39 is 11.5 Å². The number of nitrogens with zero attached hydrogens (tertiary/aromatic N) is 4. The third kappa shape index (κ3) is 3.73. The lowest BCUT2D eigenvalue weighted by Gasteiger charge is -2.12. The molecule has 0 saturated carbocycles. The molecule has 0 unspecified atom stereocenters. The minimum Gasteiger partial charge on any atom is -0.453 e. The molecule has 27 heavy (non-hydrogen) atoms. The summed E-state index contributed by atoms with van der Waals surface area (Å²) in [5.41, 5.74) is 0.329. The topological polar surface area (TPSA) is 107 Å². The average Bonchev–Trinajstić information content (AvgIpc) is 2.99. The number of benzene rings is 2. The third-order valence-electron chi connectivity index (χ3n) is 3.83. The maximum Gasteiger partial charge on any atom is 0.343 e. The van der Waals surface area contributed by atoms with Gasteiger partial charge in [0.1, 0.15) is 11.6 Å². The summed E-state index contributed by atoms with van der Waals surface area (Å²) >= 11 is 3.24. The van der Waals surface area contributed by atoms with Gasteiger partial charge in [-0.2, -0.15) is 15.6 Å². The van der Waals surface area contributed by atoms with Crippen molar-refractivity contribution in [1.29, 1.82) is 10.5 Å². The van der Waals surface area contributed by atoms with E-state index in [2.05, 4.69) is 26.1 Å². The van der Waals surface area contributed by atoms with Gasteiger partial charge in [-0.3, -0.25) is 4.57 Å². The molecule has 1 aromatic heterocycles. The largest absolute Gasteiger partial charge is 0.453 e. The lowest BCUT2D eigenvalue weighted by Crippen LogP contribution is -2.15. The molecule has 3 aromatic rings. The van der Waals surface area contributed by atoms with E-state index in [1.165, 1.54) is 29.8 Å². The van der Waals surface area contributed by atoms with Crippen LogP contribution in [0.5, 0.6) is 11.5 Å². The summed E-state index contributed by atoms with van der Waals surface area (Å²) < 4.78 is 22.3. The Morgan fingerprint density at radius 2 is 1.93 bits per heavy atom. The zero-order chi connectivity index (χ0) is 19.6. The molecule has 0 amide bonds. The molecular formula is C18H11BrFN5O2. The number of nitriles is 2. The third-order valence-corrected chi connectivity index (χ3v) is 4.46. The second kappa shape index (κ2) is 7.44. The standard InChI is InChI=1S/C18H11BrFN5O2/c1-25-15(23-24-18(25)26)7-12-2-3-14(19)17(16(12)20)27-13-5-10(8-21)4-11(6-13)9-22/h2-6H,7H2,1H3,(H,24,26). The van der Waals surface area contributed by atoms with Crippen LogP contribution in [0.1, 0.15) is 22.5 Å². The first-order valence-electron chi connectivity index (χ1n) is 7.63. The van der Waals surface area contributed by atoms with Gasteiger partial charge in [0, 0.05) is 13.5 Å². The van der Waals surface area contributed by atoms with E-state index in [0.29, 0.717) is 10.3 Å². The summed E-state index contributed by atoms with van der Waals surface area (Å²) in [5.74, 6) is -0.201. The lowest BCUT2D eigenvalue weighted by molar-refractivity contribution is 0.435. The Bertz CT molecular complexity index is 1140. The number of nitrogens with one attached hydrogen (secondary N) is 1. The number of aromatic amines is 1. The highest BCUT2D eigenvalue weighted by Gasteiger charge is 2.17. The molecule has 1 N–H and O–H groups in total. The summed E-state index contributed by atoms with van der Waals surface area (Å²) in [5, 5.41) is 24.3. The van der Waals surface area contributed by atoms with Gasteiger partial charge in [0.25, 0.3) is 0 Å². The minimum absolute atomic E-state index is 0.0758. The van der Waals surface area contributed by atoms with E-state index in [1.807, 2.05) is 12.1 Å². The molecule has 7 nitrogen and oxygen atoms in total. The molecular weight excluding hydrogens is 417 g/mol. The van der Waals surface area contributed by atoms with Crippen LogP contribution in [0.15, 0.2) is 39.6 Å². The molecule has 0 aliphatic heterocycles. The van der Waals surface area contributed by atoms with Gasteiger partial charge in [-0.05, 0) is 45.8 Å². The van der Waals surface area contributed by atoms with Crippen LogP contribution in [0, 0.1) is 28.5 Å². The van der Waals surface area contributed by atoms with Gasteiger partial charge in [0.15, 0.2) is 11.6 Å². The molecule has 2 aromatic carbocycles. The summed E-state index contributed by atoms with van der Waals surface area (Å²) in [6.07, 6.45) is 0.0758. The molecule has 0 aliphatic carbocycles. The van der Waals surface area contributed by atoms with Crippen LogP contribution in [0.25, 0.3) is 0 Å². The second-order valence-corrected chi connectivity index (χ2v) is 6.46. The van der Waals surface area contributed by atoms with Gasteiger partial charge >= 0.3 is 5.69 Å². The molecule has 0 bridgehead atoms. The molecule has 0 aliphatic rings. The van der Waals surface area contributed by atoms with Crippen LogP contribution < -0.4 is 10.4 Å². The molecule has 0 atom stereocenters. The van der Waals surface area contributed by atoms with Crippen molar-refractivity contribution < 1.29 is 9.13 Å². The van der Waals surface area contributed by atoms with Crippen LogP contribution in [0.2, 0.25) is 0 Å². The van der Waals surface area contributed by atoms with Crippen LogP contribution in [-0.2, 0) is 13.5 Å². The van der Waals surface area contributed by atoms with Crippen molar-refractivity contribution >= 4 is 15.9 Å². The van der Waals surface area contributed by atoms with Crippen LogP contribution in [0.4, 0.5) is 4.39 Å². The number of H-pyrrole nitrogens is 1. The predicted octanol–water partition coefficient (Wildman–Crippen LogP) is 3.14. The predicted molar refractivity (Wildman–Crippen MR) is 96.7 cm³/mol. The van der Waals surface area contributed by atoms with Crippen molar-refractivity contribution in [3.05, 3.63) is 73.6 Å².